The Balaban J connectivity index is 2.26. The van der Waals surface area contributed by atoms with Crippen LogP contribution >= 0.6 is 0 Å². The van der Waals surface area contributed by atoms with Crippen molar-refractivity contribution in [2.24, 2.45) is 0 Å². The third kappa shape index (κ3) is 2.08. The molecule has 1 saturated heterocycles. The second kappa shape index (κ2) is 4.45. The number of carboxylic acids is 1. The summed E-state index contributed by atoms with van der Waals surface area (Å²) in [7, 11) is 0. The average molecular weight is 234 g/mol. The molecule has 1 fully saturated rings. The molecule has 90 valence electrons. The monoisotopic (exact) mass is 234 g/mol. The summed E-state index contributed by atoms with van der Waals surface area (Å²) in [6.45, 7) is 0.476. The van der Waals surface area contributed by atoms with Gasteiger partial charge in [0.05, 0.1) is 5.56 Å². The van der Waals surface area contributed by atoms with E-state index in [1.165, 1.54) is 4.90 Å². The fourth-order valence-corrected chi connectivity index (χ4v) is 2.11. The highest BCUT2D eigenvalue weighted by atomic mass is 16.4. The van der Waals surface area contributed by atoms with E-state index < -0.39 is 12.0 Å². The van der Waals surface area contributed by atoms with E-state index in [4.69, 9.17) is 10.8 Å². The van der Waals surface area contributed by atoms with E-state index in [0.29, 0.717) is 24.2 Å². The Morgan fingerprint density at radius 3 is 2.71 bits per heavy atom. The van der Waals surface area contributed by atoms with Gasteiger partial charge in [0.15, 0.2) is 0 Å². The van der Waals surface area contributed by atoms with E-state index in [1.54, 1.807) is 24.3 Å². The van der Waals surface area contributed by atoms with Gasteiger partial charge >= 0.3 is 5.97 Å². The summed E-state index contributed by atoms with van der Waals surface area (Å²) in [5, 5.41) is 9.02. The zero-order valence-electron chi connectivity index (χ0n) is 9.30. The molecule has 1 aromatic rings. The van der Waals surface area contributed by atoms with Gasteiger partial charge in [-0.05, 0) is 25.0 Å². The number of rotatable bonds is 2. The van der Waals surface area contributed by atoms with Crippen LogP contribution in [0.5, 0.6) is 0 Å². The lowest BCUT2D eigenvalue weighted by Gasteiger charge is -2.22. The highest BCUT2D eigenvalue weighted by Crippen LogP contribution is 2.22. The predicted octanol–water partition coefficient (Wildman–Crippen LogP) is 0.958. The number of carbonyl (C=O) groups excluding carboxylic acids is 1. The lowest BCUT2D eigenvalue weighted by atomic mass is 10.1. The summed E-state index contributed by atoms with van der Waals surface area (Å²) in [5.41, 5.74) is 6.47. The number of hydrogen-bond donors (Lipinski definition) is 2. The fraction of sp³-hybridized carbons (Fsp3) is 0.333. The number of nitrogens with two attached hydrogens (primary N) is 1. The van der Waals surface area contributed by atoms with Crippen LogP contribution < -0.4 is 5.73 Å². The smallest absolute Gasteiger partial charge is 0.326 e. The number of nitrogens with zero attached hydrogens (tertiary/aromatic N) is 1. The molecule has 1 amide bonds. The number of likely N-dealkylation sites (tertiary alicyclic amines) is 1. The molecule has 0 spiro atoms. The molecular formula is C12H14N2O3. The van der Waals surface area contributed by atoms with Crippen molar-refractivity contribution in [1.82, 2.24) is 4.90 Å². The number of anilines is 1. The minimum atomic E-state index is -0.953. The molecule has 0 aromatic heterocycles. The van der Waals surface area contributed by atoms with Gasteiger partial charge in [0.1, 0.15) is 6.04 Å². The van der Waals surface area contributed by atoms with Gasteiger partial charge in [-0.2, -0.15) is 0 Å². The Labute approximate surface area is 98.8 Å². The number of amides is 1. The molecule has 0 aliphatic carbocycles. The summed E-state index contributed by atoms with van der Waals surface area (Å²) in [4.78, 5) is 24.6. The number of hydrogen-bond acceptors (Lipinski definition) is 3. The first-order chi connectivity index (χ1) is 8.11. The van der Waals surface area contributed by atoms with E-state index in [1.807, 2.05) is 0 Å². The van der Waals surface area contributed by atoms with E-state index in [9.17, 15) is 9.59 Å². The van der Waals surface area contributed by atoms with Crippen molar-refractivity contribution in [3.8, 4) is 0 Å². The summed E-state index contributed by atoms with van der Waals surface area (Å²) in [6, 6.07) is 6.00. The molecule has 0 radical (unpaired) electrons. The van der Waals surface area contributed by atoms with E-state index in [-0.39, 0.29) is 5.91 Å². The standard InChI is InChI=1S/C12H14N2O3/c13-9-5-2-1-4-8(9)11(15)14-7-3-6-10(14)12(16)17/h1-2,4-5,10H,3,6-7,13H2,(H,16,17)/t10-/m0/s1. The van der Waals surface area contributed by atoms with Gasteiger partial charge < -0.3 is 15.7 Å². The number of carboxylic acid groups (broad SMARTS) is 1. The summed E-state index contributed by atoms with van der Waals surface area (Å²) in [6.07, 6.45) is 1.23. The number of para-hydroxylation sites is 1. The van der Waals surface area contributed by atoms with Crippen molar-refractivity contribution in [3.05, 3.63) is 29.8 Å². The molecule has 1 atom stereocenters. The SMILES string of the molecule is Nc1ccccc1C(=O)N1CCC[C@H]1C(=O)O. The number of benzene rings is 1. The summed E-state index contributed by atoms with van der Waals surface area (Å²) >= 11 is 0. The van der Waals surface area contributed by atoms with Crippen LogP contribution in [0.2, 0.25) is 0 Å². The Morgan fingerprint density at radius 1 is 1.35 bits per heavy atom. The van der Waals surface area contributed by atoms with Gasteiger partial charge in [-0.15, -0.1) is 0 Å². The predicted molar refractivity (Wildman–Crippen MR) is 62.5 cm³/mol. The lowest BCUT2D eigenvalue weighted by Crippen LogP contribution is -2.40. The quantitative estimate of drug-likeness (QED) is 0.746. The summed E-state index contributed by atoms with van der Waals surface area (Å²) < 4.78 is 0. The minimum Gasteiger partial charge on any atom is -0.480 e. The topological polar surface area (TPSA) is 83.6 Å². The van der Waals surface area contributed by atoms with Crippen molar-refractivity contribution in [2.75, 3.05) is 12.3 Å². The highest BCUT2D eigenvalue weighted by molar-refractivity contribution is 6.01. The van der Waals surface area contributed by atoms with E-state index >= 15 is 0 Å². The summed E-state index contributed by atoms with van der Waals surface area (Å²) in [5.74, 6) is -1.25. The third-order valence-corrected chi connectivity index (χ3v) is 2.99. The molecule has 1 aliphatic heterocycles. The van der Waals surface area contributed by atoms with Gasteiger partial charge in [0.25, 0.3) is 5.91 Å². The van der Waals surface area contributed by atoms with E-state index in [2.05, 4.69) is 0 Å². The normalized spacial score (nSPS) is 19.3. The number of carbonyl (C=O) groups is 2. The van der Waals surface area contributed by atoms with Crippen molar-refractivity contribution >= 4 is 17.6 Å². The first-order valence-corrected chi connectivity index (χ1v) is 5.49. The fourth-order valence-electron chi connectivity index (χ4n) is 2.11. The largest absolute Gasteiger partial charge is 0.480 e. The average Bonchev–Trinajstić information content (AvgIpc) is 2.77. The van der Waals surface area contributed by atoms with Crippen LogP contribution in [0.4, 0.5) is 5.69 Å². The lowest BCUT2D eigenvalue weighted by molar-refractivity contribution is -0.141. The van der Waals surface area contributed by atoms with Gasteiger partial charge in [-0.1, -0.05) is 12.1 Å². The van der Waals surface area contributed by atoms with Crippen molar-refractivity contribution in [1.29, 1.82) is 0 Å². The van der Waals surface area contributed by atoms with E-state index in [0.717, 1.165) is 6.42 Å². The maximum atomic E-state index is 12.2. The molecule has 0 bridgehead atoms. The maximum Gasteiger partial charge on any atom is 0.326 e. The second-order valence-electron chi connectivity index (χ2n) is 4.08. The van der Waals surface area contributed by atoms with Crippen LogP contribution in [-0.4, -0.2) is 34.5 Å². The maximum absolute atomic E-state index is 12.2. The van der Waals surface area contributed by atoms with Crippen LogP contribution in [0.1, 0.15) is 23.2 Å². The van der Waals surface area contributed by atoms with Crippen LogP contribution in [0.25, 0.3) is 0 Å². The van der Waals surface area contributed by atoms with Crippen LogP contribution in [-0.2, 0) is 4.79 Å². The Kier molecular flexibility index (Phi) is 2.99. The zero-order chi connectivity index (χ0) is 12.4. The molecule has 5 heteroatoms. The molecule has 3 N–H and O–H groups in total. The van der Waals surface area contributed by atoms with Crippen LogP contribution in [0, 0.1) is 0 Å². The molecule has 1 aromatic carbocycles. The third-order valence-electron chi connectivity index (χ3n) is 2.99. The van der Waals surface area contributed by atoms with Gasteiger partial charge in [-0.25, -0.2) is 4.79 Å². The van der Waals surface area contributed by atoms with Gasteiger partial charge in [0.2, 0.25) is 0 Å². The van der Waals surface area contributed by atoms with Gasteiger partial charge in [0, 0.05) is 12.2 Å². The number of aliphatic carboxylic acids is 1. The molecule has 2 rings (SSSR count). The van der Waals surface area contributed by atoms with Crippen molar-refractivity contribution in [3.63, 3.8) is 0 Å². The highest BCUT2D eigenvalue weighted by Gasteiger charge is 2.34. The molecule has 1 heterocycles. The molecule has 1 aliphatic rings. The molecule has 17 heavy (non-hydrogen) atoms. The van der Waals surface area contributed by atoms with Crippen LogP contribution in [0.3, 0.4) is 0 Å². The van der Waals surface area contributed by atoms with Gasteiger partial charge in [-0.3, -0.25) is 4.79 Å². The molecule has 0 saturated carbocycles. The first kappa shape index (κ1) is 11.4. The Hall–Kier alpha value is -2.04. The Morgan fingerprint density at radius 2 is 2.06 bits per heavy atom. The van der Waals surface area contributed by atoms with Crippen molar-refractivity contribution < 1.29 is 14.7 Å². The minimum absolute atomic E-state index is 0.298. The molecular weight excluding hydrogens is 220 g/mol. The Bertz CT molecular complexity index is 459. The first-order valence-electron chi connectivity index (χ1n) is 5.49. The second-order valence-corrected chi connectivity index (χ2v) is 4.08. The van der Waals surface area contributed by atoms with Crippen molar-refractivity contribution in [2.45, 2.75) is 18.9 Å². The van der Waals surface area contributed by atoms with Crippen LogP contribution in [0.15, 0.2) is 24.3 Å². The molecule has 0 unspecified atom stereocenters. The molecule has 5 nitrogen and oxygen atoms in total. The zero-order valence-corrected chi connectivity index (χ0v) is 9.30. The number of nitrogen functional groups attached to an aromatic ring is 1.